The molecule has 16 heavy (non-hydrogen) atoms. The number of likely N-dealkylation sites (tertiary alicyclic amines) is 1. The molecule has 1 aromatic rings. The number of nitrogens with one attached hydrogen (secondary N) is 1. The summed E-state index contributed by atoms with van der Waals surface area (Å²) >= 11 is 5.84. The van der Waals surface area contributed by atoms with Gasteiger partial charge in [0.2, 0.25) is 11.1 Å². The maximum Gasteiger partial charge on any atom is 0.231 e. The van der Waals surface area contributed by atoms with Gasteiger partial charge in [-0.05, 0) is 18.6 Å². The Morgan fingerprint density at radius 3 is 2.69 bits per heavy atom. The number of nitrogens with zero attached hydrogens (tertiary/aromatic N) is 3. The van der Waals surface area contributed by atoms with Crippen LogP contribution in [0.25, 0.3) is 0 Å². The quantitative estimate of drug-likeness (QED) is 0.629. The summed E-state index contributed by atoms with van der Waals surface area (Å²) in [6.07, 6.45) is 4.08. The lowest BCUT2D eigenvalue weighted by Crippen LogP contribution is -2.54. The largest absolute Gasteiger partial charge is 0.317 e. The van der Waals surface area contributed by atoms with Crippen molar-refractivity contribution in [1.29, 1.82) is 0 Å². The number of hydrogen-bond acceptors (Lipinski definition) is 3. The van der Waals surface area contributed by atoms with E-state index in [-0.39, 0.29) is 0 Å². The Morgan fingerprint density at radius 2 is 2.12 bits per heavy atom. The summed E-state index contributed by atoms with van der Waals surface area (Å²) in [6, 6.07) is 2.61. The molecule has 1 aliphatic rings. The van der Waals surface area contributed by atoms with Crippen molar-refractivity contribution in [1.82, 2.24) is 19.8 Å². The van der Waals surface area contributed by atoms with E-state index in [2.05, 4.69) is 22.3 Å². The number of aromatic nitrogens is 2. The monoisotopic (exact) mass is 241 g/mol. The summed E-state index contributed by atoms with van der Waals surface area (Å²) < 4.78 is 0.862. The van der Waals surface area contributed by atoms with Crippen molar-refractivity contribution in [2.45, 2.75) is 18.9 Å². The minimum absolute atomic E-state index is 0.340. The topological polar surface area (TPSA) is 37.8 Å². The van der Waals surface area contributed by atoms with Gasteiger partial charge in [-0.2, -0.15) is 4.98 Å². The van der Waals surface area contributed by atoms with E-state index in [4.69, 9.17) is 11.6 Å². The summed E-state index contributed by atoms with van der Waals surface area (Å²) in [5.41, 5.74) is 0. The Hall–Kier alpha value is -0.710. The molecule has 0 aromatic carbocycles. The van der Waals surface area contributed by atoms with Gasteiger partial charge in [-0.25, -0.2) is 4.98 Å². The Morgan fingerprint density at radius 1 is 1.44 bits per heavy atom. The predicted octanol–water partition coefficient (Wildman–Crippen LogP) is 1.45. The molecule has 0 amide bonds. The van der Waals surface area contributed by atoms with Crippen LogP contribution in [0.1, 0.15) is 12.8 Å². The first-order chi connectivity index (χ1) is 7.64. The standard InChI is InChI=1S/C11H18ClN4/c1-13-9-4-7-16(2,8-5-9)10-3-6-14-11(12)15-10/h3,6,9,13H,4-5,7-8H2,1-2H3/q+1. The second kappa shape index (κ2) is 4.65. The van der Waals surface area contributed by atoms with Crippen molar-refractivity contribution in [2.24, 2.45) is 0 Å². The molecular weight excluding hydrogens is 224 g/mol. The van der Waals surface area contributed by atoms with Crippen molar-refractivity contribution >= 4 is 17.4 Å². The molecule has 0 aliphatic carbocycles. The molecule has 1 saturated heterocycles. The fourth-order valence-electron chi connectivity index (χ4n) is 2.28. The third-order valence-corrected chi connectivity index (χ3v) is 3.70. The molecule has 1 aromatic heterocycles. The van der Waals surface area contributed by atoms with Crippen LogP contribution in [0.15, 0.2) is 12.3 Å². The Labute approximate surface area is 101 Å². The van der Waals surface area contributed by atoms with E-state index in [9.17, 15) is 0 Å². The third kappa shape index (κ3) is 2.34. The summed E-state index contributed by atoms with van der Waals surface area (Å²) in [5, 5.41) is 3.68. The van der Waals surface area contributed by atoms with Gasteiger partial charge in [-0.15, -0.1) is 0 Å². The minimum Gasteiger partial charge on any atom is -0.317 e. The zero-order valence-corrected chi connectivity index (χ0v) is 10.5. The van der Waals surface area contributed by atoms with Crippen LogP contribution < -0.4 is 9.80 Å². The summed E-state index contributed by atoms with van der Waals surface area (Å²) in [4.78, 5) is 8.25. The van der Waals surface area contributed by atoms with E-state index in [1.165, 1.54) is 12.8 Å². The SMILES string of the molecule is CNC1CC[N+](C)(c2ccnc(Cl)n2)CC1. The number of rotatable bonds is 2. The van der Waals surface area contributed by atoms with Crippen molar-refractivity contribution in [2.75, 3.05) is 27.2 Å². The normalized spacial score (nSPS) is 30.3. The maximum atomic E-state index is 5.84. The molecule has 0 radical (unpaired) electrons. The minimum atomic E-state index is 0.340. The van der Waals surface area contributed by atoms with Gasteiger partial charge >= 0.3 is 0 Å². The third-order valence-electron chi connectivity index (χ3n) is 3.51. The van der Waals surface area contributed by atoms with Gasteiger partial charge < -0.3 is 5.32 Å². The predicted molar refractivity (Wildman–Crippen MR) is 66.6 cm³/mol. The lowest BCUT2D eigenvalue weighted by molar-refractivity contribution is 0.235. The first-order valence-electron chi connectivity index (χ1n) is 5.65. The van der Waals surface area contributed by atoms with E-state index in [0.717, 1.165) is 23.4 Å². The van der Waals surface area contributed by atoms with E-state index < -0.39 is 0 Å². The highest BCUT2D eigenvalue weighted by Gasteiger charge is 2.32. The maximum absolute atomic E-state index is 5.84. The van der Waals surface area contributed by atoms with Crippen LogP contribution >= 0.6 is 11.6 Å². The molecule has 2 heterocycles. The average molecular weight is 242 g/mol. The molecule has 4 nitrogen and oxygen atoms in total. The number of halogens is 1. The molecule has 0 spiro atoms. The van der Waals surface area contributed by atoms with Gasteiger partial charge in [0, 0.05) is 31.1 Å². The van der Waals surface area contributed by atoms with Gasteiger partial charge in [-0.1, -0.05) is 0 Å². The van der Waals surface area contributed by atoms with Gasteiger partial charge in [0.05, 0.1) is 20.1 Å². The van der Waals surface area contributed by atoms with Crippen LogP contribution in [0.3, 0.4) is 0 Å². The summed E-state index contributed by atoms with van der Waals surface area (Å²) in [5.74, 6) is 1.02. The van der Waals surface area contributed by atoms with Crippen LogP contribution in [0.2, 0.25) is 5.28 Å². The second-order valence-corrected chi connectivity index (χ2v) is 4.93. The lowest BCUT2D eigenvalue weighted by atomic mass is 10.0. The average Bonchev–Trinajstić information content (AvgIpc) is 2.30. The van der Waals surface area contributed by atoms with E-state index in [1.807, 2.05) is 13.1 Å². The first-order valence-corrected chi connectivity index (χ1v) is 6.03. The van der Waals surface area contributed by atoms with E-state index in [0.29, 0.717) is 11.3 Å². The van der Waals surface area contributed by atoms with Crippen LogP contribution in [0, 0.1) is 0 Å². The Bertz CT molecular complexity index is 361. The van der Waals surface area contributed by atoms with Crippen LogP contribution in [0.5, 0.6) is 0 Å². The Balaban J connectivity index is 2.15. The summed E-state index contributed by atoms with van der Waals surface area (Å²) in [7, 11) is 4.24. The van der Waals surface area contributed by atoms with E-state index in [1.54, 1.807) is 6.20 Å². The molecule has 0 saturated carbocycles. The van der Waals surface area contributed by atoms with Crippen LogP contribution in [0.4, 0.5) is 5.82 Å². The fourth-order valence-corrected chi connectivity index (χ4v) is 2.43. The van der Waals surface area contributed by atoms with Crippen LogP contribution in [-0.2, 0) is 0 Å². The molecule has 0 unspecified atom stereocenters. The van der Waals surface area contributed by atoms with Crippen LogP contribution in [-0.4, -0.2) is 43.2 Å². The molecule has 2 rings (SSSR count). The molecule has 5 heteroatoms. The number of hydrogen-bond donors (Lipinski definition) is 1. The lowest BCUT2D eigenvalue weighted by Gasteiger charge is -2.38. The molecule has 1 fully saturated rings. The van der Waals surface area contributed by atoms with Crippen molar-refractivity contribution in [3.8, 4) is 0 Å². The smallest absolute Gasteiger partial charge is 0.231 e. The van der Waals surface area contributed by atoms with Gasteiger partial charge in [0.25, 0.3) is 0 Å². The van der Waals surface area contributed by atoms with E-state index >= 15 is 0 Å². The molecule has 0 atom stereocenters. The highest BCUT2D eigenvalue weighted by molar-refractivity contribution is 6.28. The number of piperidine rings is 1. The highest BCUT2D eigenvalue weighted by Crippen LogP contribution is 2.24. The first kappa shape index (κ1) is 11.8. The summed E-state index contributed by atoms with van der Waals surface area (Å²) in [6.45, 7) is 2.19. The van der Waals surface area contributed by atoms with Crippen molar-refractivity contribution in [3.05, 3.63) is 17.5 Å². The molecule has 0 bridgehead atoms. The van der Waals surface area contributed by atoms with Gasteiger partial charge in [0.1, 0.15) is 0 Å². The Kier molecular flexibility index (Phi) is 3.42. The second-order valence-electron chi connectivity index (χ2n) is 4.59. The zero-order chi connectivity index (χ0) is 11.6. The van der Waals surface area contributed by atoms with Gasteiger partial charge in [-0.3, -0.25) is 4.48 Å². The molecule has 1 N–H and O–H groups in total. The van der Waals surface area contributed by atoms with Crippen molar-refractivity contribution < 1.29 is 0 Å². The number of quaternary nitrogens is 1. The van der Waals surface area contributed by atoms with Gasteiger partial charge in [0.15, 0.2) is 0 Å². The van der Waals surface area contributed by atoms with Crippen molar-refractivity contribution in [3.63, 3.8) is 0 Å². The highest BCUT2D eigenvalue weighted by atomic mass is 35.5. The molecule has 1 aliphatic heterocycles. The fraction of sp³-hybridized carbons (Fsp3) is 0.636. The zero-order valence-electron chi connectivity index (χ0n) is 9.78. The molecule has 88 valence electrons. The molecular formula is C11H18ClN4+.